The summed E-state index contributed by atoms with van der Waals surface area (Å²) in [5.74, 6) is 4.11. The number of H-pyrrole nitrogens is 1. The molecule has 5 heterocycles. The van der Waals surface area contributed by atoms with Crippen LogP contribution in [0.2, 0.25) is 0 Å². The number of pyridine rings is 1. The molecule has 2 unspecified atom stereocenters. The highest BCUT2D eigenvalue weighted by atomic mass is 35.5. The minimum Gasteiger partial charge on any atom is -0.494 e. The number of aromatic amines is 1. The van der Waals surface area contributed by atoms with Crippen molar-refractivity contribution in [2.45, 2.75) is 170 Å². The smallest absolute Gasteiger partial charge is 0.274 e. The summed E-state index contributed by atoms with van der Waals surface area (Å²) in [6.45, 7) is 37.9. The van der Waals surface area contributed by atoms with Gasteiger partial charge in [0.05, 0.1) is 29.3 Å². The lowest BCUT2D eigenvalue weighted by molar-refractivity contribution is -0.116. The van der Waals surface area contributed by atoms with Crippen LogP contribution in [0.3, 0.4) is 0 Å². The fourth-order valence-electron chi connectivity index (χ4n) is 11.1. The third-order valence-electron chi connectivity index (χ3n) is 14.5. The van der Waals surface area contributed by atoms with Crippen LogP contribution in [0, 0.1) is 11.3 Å². The molecule has 86 heavy (non-hydrogen) atoms. The minimum absolute atomic E-state index is 0.0371. The van der Waals surface area contributed by atoms with Crippen molar-refractivity contribution in [3.05, 3.63) is 126 Å². The number of rotatable bonds is 19. The lowest BCUT2D eigenvalue weighted by Crippen LogP contribution is -2.70. The Morgan fingerprint density at radius 1 is 0.930 bits per heavy atom. The highest BCUT2D eigenvalue weighted by Crippen LogP contribution is 2.48. The highest BCUT2D eigenvalue weighted by Gasteiger charge is 2.53. The number of aromatic nitrogens is 4. The summed E-state index contributed by atoms with van der Waals surface area (Å²) in [7, 11) is -1.83. The second-order valence-electron chi connectivity index (χ2n) is 23.6. The number of sulfonamides is 1. The Bertz CT molecular complexity index is 3210. The first-order valence-corrected chi connectivity index (χ1v) is 32.4. The topological polar surface area (TPSA) is 206 Å². The maximum absolute atomic E-state index is 13.2. The van der Waals surface area contributed by atoms with Gasteiger partial charge in [0.15, 0.2) is 0 Å². The zero-order valence-corrected chi connectivity index (χ0v) is 55.9. The van der Waals surface area contributed by atoms with E-state index in [1.54, 1.807) is 75.4 Å². The number of carbonyl (C=O) groups excluding carboxylic acids is 2. The van der Waals surface area contributed by atoms with Crippen molar-refractivity contribution in [1.82, 2.24) is 24.4 Å². The lowest BCUT2D eigenvalue weighted by atomic mass is 9.62. The Hall–Kier alpha value is -6.16. The molecule has 18 nitrogen and oxygen atoms in total. The lowest BCUT2D eigenvalue weighted by Gasteiger charge is -2.61. The third kappa shape index (κ3) is 20.7. The SMILES string of the molecule is C=C(C)/C=C(\C)OC1C(C)CC1(C)C.C=CC.CC.CCC(C)=O.CSOOCl.Cn1cc(-c2cc(NS(=O)(=O)C3CC3)ccc2Oc2cccc(OCCOC3CCN(c4ncc(C(=O)N5C(C)(C)CC5(C)C)cn4)CC3)c2)c2cc[nH]c2c1=O. The van der Waals surface area contributed by atoms with Crippen LogP contribution in [0.5, 0.6) is 17.2 Å². The molecule has 0 spiro atoms. The van der Waals surface area contributed by atoms with Crippen molar-refractivity contribution in [1.29, 1.82) is 0 Å². The Labute approximate surface area is 520 Å². The van der Waals surface area contributed by atoms with Crippen LogP contribution in [0.15, 0.2) is 115 Å². The molecule has 0 radical (unpaired) electrons. The Balaban J connectivity index is 0.000000451. The quantitative estimate of drug-likeness (QED) is 0.0150. The van der Waals surface area contributed by atoms with E-state index < -0.39 is 10.0 Å². The van der Waals surface area contributed by atoms with E-state index in [1.165, 1.54) is 11.0 Å². The summed E-state index contributed by atoms with van der Waals surface area (Å²) in [4.78, 5) is 52.1. The van der Waals surface area contributed by atoms with Gasteiger partial charge in [0.25, 0.3) is 11.5 Å². The molecule has 2 N–H and O–H groups in total. The number of benzene rings is 2. The summed E-state index contributed by atoms with van der Waals surface area (Å²) in [5.41, 5.74) is 3.53. The molecule has 1 amide bonds. The maximum Gasteiger partial charge on any atom is 0.274 e. The van der Waals surface area contributed by atoms with Gasteiger partial charge < -0.3 is 43.1 Å². The number of allylic oxidation sites excluding steroid dienone is 4. The molecular formula is C65H94ClN7O11S2. The van der Waals surface area contributed by atoms with Crippen molar-refractivity contribution in [3.8, 4) is 28.4 Å². The van der Waals surface area contributed by atoms with Crippen LogP contribution < -0.4 is 24.7 Å². The molecule has 2 saturated carbocycles. The first-order chi connectivity index (χ1) is 40.6. The number of ether oxygens (including phenoxy) is 4. The molecule has 0 bridgehead atoms. The molecule has 2 aliphatic heterocycles. The molecule has 4 fully saturated rings. The predicted molar refractivity (Wildman–Crippen MR) is 349 cm³/mol. The number of Topliss-reactive ketones (excluding diaryl/α,β-unsaturated/α-hetero) is 1. The molecule has 2 aromatic carbocycles. The number of anilines is 2. The number of amides is 1. The number of hydrogen-bond acceptors (Lipinski definition) is 15. The molecule has 2 aliphatic carbocycles. The van der Waals surface area contributed by atoms with E-state index in [0.717, 1.165) is 55.7 Å². The summed E-state index contributed by atoms with van der Waals surface area (Å²) in [5, 5.41) is 0.311. The third-order valence-corrected chi connectivity index (χ3v) is 16.7. The van der Waals surface area contributed by atoms with Gasteiger partial charge in [-0.25, -0.2) is 18.4 Å². The molecule has 474 valence electrons. The zero-order valence-electron chi connectivity index (χ0n) is 53.5. The van der Waals surface area contributed by atoms with E-state index in [1.807, 2.05) is 76.8 Å². The van der Waals surface area contributed by atoms with Crippen molar-refractivity contribution < 1.29 is 45.7 Å². The number of likely N-dealkylation sites (tertiary alicyclic amines) is 1. The summed E-state index contributed by atoms with van der Waals surface area (Å²) in [6.07, 6.45) is 18.4. The second kappa shape index (κ2) is 33.3. The number of hydrogen-bond donors (Lipinski definition) is 2. The number of aryl methyl sites for hydroxylation is 1. The molecule has 4 aliphatic rings. The van der Waals surface area contributed by atoms with Crippen LogP contribution in [0.1, 0.15) is 152 Å². The van der Waals surface area contributed by atoms with Gasteiger partial charge in [-0.1, -0.05) is 65.8 Å². The van der Waals surface area contributed by atoms with Gasteiger partial charge in [0.2, 0.25) is 16.0 Å². The molecule has 9 rings (SSSR count). The minimum atomic E-state index is -3.50. The molecule has 2 saturated heterocycles. The van der Waals surface area contributed by atoms with Crippen molar-refractivity contribution >= 4 is 68.2 Å². The number of carbonyl (C=O) groups is 2. The number of ketones is 1. The summed E-state index contributed by atoms with van der Waals surface area (Å²) in [6, 6.07) is 14.3. The zero-order chi connectivity index (χ0) is 64.2. The van der Waals surface area contributed by atoms with Crippen LogP contribution in [0.4, 0.5) is 11.6 Å². The Kier molecular flexibility index (Phi) is 28.0. The van der Waals surface area contributed by atoms with Gasteiger partial charge in [-0.15, -0.1) is 15.4 Å². The first kappa shape index (κ1) is 72.3. The average molecular weight is 1250 g/mol. The van der Waals surface area contributed by atoms with Crippen molar-refractivity contribution in [3.63, 3.8) is 0 Å². The molecular weight excluding hydrogens is 1150 g/mol. The summed E-state index contributed by atoms with van der Waals surface area (Å²) >= 11 is 5.61. The second-order valence-corrected chi connectivity index (χ2v) is 26.1. The van der Waals surface area contributed by atoms with Gasteiger partial charge in [-0.3, -0.25) is 14.3 Å². The molecule has 2 atom stereocenters. The number of halogens is 1. The monoisotopic (exact) mass is 1250 g/mol. The van der Waals surface area contributed by atoms with Crippen LogP contribution in [-0.4, -0.2) is 106 Å². The highest BCUT2D eigenvalue weighted by molar-refractivity contribution is 7.94. The normalized spacial score (nSPS) is 18.1. The number of piperidine rings is 1. The standard InChI is InChI=1S/C42H49N7O7S.C13H22O.C4H8O.C3H6.C2H6.CH3ClO2S/c1-41(2)26-42(3,4)49(41)38(50)27-23-44-40(45-24-27)48-17-14-29(15-18-48)54-19-20-55-30-7-6-8-31(22-30)56-36-12-9-28(46-57(52,53)32-10-11-32)21-34(36)35-25-47(5)39(51)37-33(35)13-16-43-37;1-9(2)7-11(4)14-12-10(3)8-13(12,5)6;1-3-4(2)5;1-3-2;1-2;1-5-4-3-2/h6-9,12-13,16,21-25,29,32,43,46H,10-11,14-15,17-20,26H2,1-5H3;7,10,12H,1,8H2,2-6H3;3H2,1-2H3;3H,1H2,2H3;1-2H3;1H3/b;11-7+;;;;. The Morgan fingerprint density at radius 2 is 1.55 bits per heavy atom. The van der Waals surface area contributed by atoms with E-state index in [0.29, 0.717) is 106 Å². The molecule has 3 aromatic heterocycles. The molecule has 21 heteroatoms. The number of nitrogens with zero attached hydrogens (tertiary/aromatic N) is 5. The van der Waals surface area contributed by atoms with Crippen LogP contribution >= 0.6 is 23.9 Å². The fourth-order valence-corrected chi connectivity index (χ4v) is 12.7. The van der Waals surface area contributed by atoms with Crippen LogP contribution in [-0.2, 0) is 40.1 Å². The largest absolute Gasteiger partial charge is 0.494 e. The van der Waals surface area contributed by atoms with Gasteiger partial charge in [-0.2, -0.15) is 0 Å². The number of fused-ring (bicyclic) bond motifs is 1. The van der Waals surface area contributed by atoms with Gasteiger partial charge in [-0.05, 0) is 142 Å². The van der Waals surface area contributed by atoms with E-state index in [9.17, 15) is 22.8 Å². The van der Waals surface area contributed by atoms with Gasteiger partial charge >= 0.3 is 0 Å². The summed E-state index contributed by atoms with van der Waals surface area (Å²) < 4.78 is 62.1. The Morgan fingerprint density at radius 3 is 2.07 bits per heavy atom. The van der Waals surface area contributed by atoms with E-state index >= 15 is 0 Å². The maximum atomic E-state index is 13.2. The average Bonchev–Trinajstić information content (AvgIpc) is 1.38. The fraction of sp³-hybridized carbons (Fsp3) is 0.523. The van der Waals surface area contributed by atoms with E-state index in [4.69, 9.17) is 18.9 Å². The van der Waals surface area contributed by atoms with Crippen LogP contribution in [0.25, 0.3) is 22.0 Å². The van der Waals surface area contributed by atoms with Crippen molar-refractivity contribution in [2.75, 3.05) is 42.2 Å². The first-order valence-electron chi connectivity index (χ1n) is 29.4. The van der Waals surface area contributed by atoms with Gasteiger partial charge in [0.1, 0.15) is 53.1 Å². The van der Waals surface area contributed by atoms with E-state index in [2.05, 4.69) is 107 Å². The van der Waals surface area contributed by atoms with Gasteiger partial charge in [0, 0.05) is 114 Å². The van der Waals surface area contributed by atoms with E-state index in [-0.39, 0.29) is 39.7 Å². The number of nitrogens with one attached hydrogen (secondary N) is 2. The molecule has 5 aromatic rings. The predicted octanol–water partition coefficient (Wildman–Crippen LogP) is 15.0. The van der Waals surface area contributed by atoms with Crippen molar-refractivity contribution in [2.24, 2.45) is 18.4 Å².